The van der Waals surface area contributed by atoms with Gasteiger partial charge in [0.1, 0.15) is 6.29 Å². The van der Waals surface area contributed by atoms with Gasteiger partial charge in [-0.2, -0.15) is 0 Å². The number of aldehydes is 1. The number of ether oxygens (including phenoxy) is 2. The number of carbonyl (C=O) groups excluding carboxylic acids is 2. The minimum atomic E-state index is 0.00618. The third-order valence-electron chi connectivity index (χ3n) is 1.82. The summed E-state index contributed by atoms with van der Waals surface area (Å²) in [7, 11) is 0. The van der Waals surface area contributed by atoms with Crippen LogP contribution in [0.25, 0.3) is 0 Å². The van der Waals surface area contributed by atoms with Crippen LogP contribution >= 0.6 is 0 Å². The lowest BCUT2D eigenvalue weighted by Crippen LogP contribution is -2.31. The molecule has 0 atom stereocenters. The van der Waals surface area contributed by atoms with Crippen LogP contribution in [0.1, 0.15) is 20.3 Å². The van der Waals surface area contributed by atoms with Gasteiger partial charge < -0.3 is 19.6 Å². The average molecular weight is 231 g/mol. The van der Waals surface area contributed by atoms with Crippen molar-refractivity contribution < 1.29 is 19.1 Å². The van der Waals surface area contributed by atoms with Crippen molar-refractivity contribution in [3.63, 3.8) is 0 Å². The second kappa shape index (κ2) is 10.6. The average Bonchev–Trinajstić information content (AvgIpc) is 2.26. The summed E-state index contributed by atoms with van der Waals surface area (Å²) >= 11 is 0. The molecule has 0 bridgehead atoms. The van der Waals surface area contributed by atoms with Crippen LogP contribution in [-0.2, 0) is 19.1 Å². The van der Waals surface area contributed by atoms with Crippen molar-refractivity contribution >= 4 is 12.2 Å². The van der Waals surface area contributed by atoms with Gasteiger partial charge >= 0.3 is 0 Å². The van der Waals surface area contributed by atoms with Gasteiger partial charge in [0.25, 0.3) is 0 Å². The van der Waals surface area contributed by atoms with Gasteiger partial charge in [-0.1, -0.05) is 13.8 Å². The molecule has 0 aromatic heterocycles. The van der Waals surface area contributed by atoms with Gasteiger partial charge in [-0.05, 0) is 0 Å². The van der Waals surface area contributed by atoms with Crippen LogP contribution in [0.5, 0.6) is 0 Å². The Balaban J connectivity index is 3.09. The van der Waals surface area contributed by atoms with Gasteiger partial charge in [-0.15, -0.1) is 0 Å². The third-order valence-corrected chi connectivity index (χ3v) is 1.82. The zero-order valence-electron chi connectivity index (χ0n) is 10.0. The molecular formula is C11H21NO4. The highest BCUT2D eigenvalue weighted by molar-refractivity contribution is 5.77. The highest BCUT2D eigenvalue weighted by Crippen LogP contribution is 1.89. The van der Waals surface area contributed by atoms with Gasteiger partial charge in [-0.3, -0.25) is 4.79 Å². The van der Waals surface area contributed by atoms with Gasteiger partial charge in [0.15, 0.2) is 0 Å². The first-order valence-corrected chi connectivity index (χ1v) is 5.55. The van der Waals surface area contributed by atoms with E-state index in [0.29, 0.717) is 39.4 Å². The lowest BCUT2D eigenvalue weighted by atomic mass is 10.2. The van der Waals surface area contributed by atoms with Crippen LogP contribution in [0.15, 0.2) is 0 Å². The quantitative estimate of drug-likeness (QED) is 0.436. The Kier molecular flexibility index (Phi) is 9.95. The van der Waals surface area contributed by atoms with Crippen molar-refractivity contribution in [1.82, 2.24) is 5.32 Å². The van der Waals surface area contributed by atoms with E-state index in [2.05, 4.69) is 5.32 Å². The molecule has 0 aromatic carbocycles. The van der Waals surface area contributed by atoms with E-state index in [1.807, 2.05) is 13.8 Å². The molecule has 1 amide bonds. The number of amides is 1. The molecule has 0 saturated carbocycles. The van der Waals surface area contributed by atoms with Crippen molar-refractivity contribution in [3.05, 3.63) is 0 Å². The lowest BCUT2D eigenvalue weighted by molar-refractivity contribution is -0.124. The second-order valence-electron chi connectivity index (χ2n) is 3.63. The predicted molar refractivity (Wildman–Crippen MR) is 60.2 cm³/mol. The van der Waals surface area contributed by atoms with Gasteiger partial charge in [0, 0.05) is 18.9 Å². The van der Waals surface area contributed by atoms with E-state index in [9.17, 15) is 9.59 Å². The molecule has 0 aliphatic heterocycles. The van der Waals surface area contributed by atoms with E-state index in [4.69, 9.17) is 9.47 Å². The molecular weight excluding hydrogens is 210 g/mol. The Morgan fingerprint density at radius 2 is 1.81 bits per heavy atom. The molecule has 16 heavy (non-hydrogen) atoms. The molecule has 0 aromatic rings. The minimum absolute atomic E-state index is 0.00618. The molecule has 0 fully saturated rings. The lowest BCUT2D eigenvalue weighted by Gasteiger charge is -2.08. The maximum Gasteiger partial charge on any atom is 0.222 e. The topological polar surface area (TPSA) is 64.6 Å². The van der Waals surface area contributed by atoms with E-state index in [1.54, 1.807) is 0 Å². The maximum atomic E-state index is 11.1. The molecule has 0 heterocycles. The third kappa shape index (κ3) is 9.61. The Morgan fingerprint density at radius 3 is 2.38 bits per heavy atom. The minimum Gasteiger partial charge on any atom is -0.379 e. The van der Waals surface area contributed by atoms with Crippen LogP contribution in [0.3, 0.4) is 0 Å². The summed E-state index contributed by atoms with van der Waals surface area (Å²) in [6.45, 7) is 6.09. The monoisotopic (exact) mass is 231 g/mol. The zero-order chi connectivity index (χ0) is 12.2. The van der Waals surface area contributed by atoms with Crippen molar-refractivity contribution in [1.29, 1.82) is 0 Å². The molecule has 0 saturated heterocycles. The van der Waals surface area contributed by atoms with E-state index in [0.717, 1.165) is 6.29 Å². The van der Waals surface area contributed by atoms with Crippen molar-refractivity contribution in [3.8, 4) is 0 Å². The number of nitrogens with one attached hydrogen (secondary N) is 1. The molecule has 0 aliphatic rings. The summed E-state index contributed by atoms with van der Waals surface area (Å²) in [6, 6.07) is 0. The molecule has 0 unspecified atom stereocenters. The van der Waals surface area contributed by atoms with Crippen LogP contribution in [0, 0.1) is 5.92 Å². The van der Waals surface area contributed by atoms with Crippen LogP contribution in [-0.4, -0.2) is 45.2 Å². The van der Waals surface area contributed by atoms with Gasteiger partial charge in [-0.25, -0.2) is 0 Å². The number of hydrogen-bond acceptors (Lipinski definition) is 4. The van der Waals surface area contributed by atoms with Crippen LogP contribution in [0.2, 0.25) is 0 Å². The fraction of sp³-hybridized carbons (Fsp3) is 0.818. The fourth-order valence-corrected chi connectivity index (χ4v) is 0.904. The number of rotatable bonds is 10. The zero-order valence-corrected chi connectivity index (χ0v) is 10.0. The number of carbonyl (C=O) groups is 2. The second-order valence-corrected chi connectivity index (χ2v) is 3.63. The van der Waals surface area contributed by atoms with Gasteiger partial charge in [0.2, 0.25) is 5.91 Å². The highest BCUT2D eigenvalue weighted by Gasteiger charge is 2.04. The van der Waals surface area contributed by atoms with Crippen LogP contribution in [0.4, 0.5) is 0 Å². The summed E-state index contributed by atoms with van der Waals surface area (Å²) in [5.41, 5.74) is 0. The molecule has 94 valence electrons. The van der Waals surface area contributed by atoms with Crippen molar-refractivity contribution in [2.24, 2.45) is 5.92 Å². The Bertz CT molecular complexity index is 194. The fourth-order valence-electron chi connectivity index (χ4n) is 0.904. The smallest absolute Gasteiger partial charge is 0.222 e. The standard InChI is InChI=1S/C11H21NO4/c1-10(2)11(14)12-4-7-16-9-8-15-6-3-5-13/h5,10H,3-4,6-9H2,1-2H3,(H,12,14). The van der Waals surface area contributed by atoms with Crippen molar-refractivity contribution in [2.45, 2.75) is 20.3 Å². The highest BCUT2D eigenvalue weighted by atomic mass is 16.5. The molecule has 5 nitrogen and oxygen atoms in total. The molecule has 0 rings (SSSR count). The van der Waals surface area contributed by atoms with E-state index < -0.39 is 0 Å². The Labute approximate surface area is 96.5 Å². The van der Waals surface area contributed by atoms with E-state index in [1.165, 1.54) is 0 Å². The summed E-state index contributed by atoms with van der Waals surface area (Å²) in [5.74, 6) is 0.0394. The van der Waals surface area contributed by atoms with Gasteiger partial charge in [0.05, 0.1) is 26.4 Å². The van der Waals surface area contributed by atoms with Crippen LogP contribution < -0.4 is 5.32 Å². The first-order chi connectivity index (χ1) is 7.68. The largest absolute Gasteiger partial charge is 0.379 e. The van der Waals surface area contributed by atoms with Crippen molar-refractivity contribution in [2.75, 3.05) is 33.0 Å². The maximum absolute atomic E-state index is 11.1. The predicted octanol–water partition coefficient (Wildman–Crippen LogP) is 0.381. The normalized spacial score (nSPS) is 10.4. The molecule has 0 radical (unpaired) electrons. The Hall–Kier alpha value is -0.940. The summed E-state index contributed by atoms with van der Waals surface area (Å²) in [4.78, 5) is 21.1. The summed E-state index contributed by atoms with van der Waals surface area (Å²) < 4.78 is 10.3. The first-order valence-electron chi connectivity index (χ1n) is 5.55. The molecule has 0 aliphatic carbocycles. The molecule has 0 spiro atoms. The molecule has 5 heteroatoms. The van der Waals surface area contributed by atoms with E-state index >= 15 is 0 Å². The first kappa shape index (κ1) is 15.1. The SMILES string of the molecule is CC(C)C(=O)NCCOCCOCCC=O. The molecule has 1 N–H and O–H groups in total. The van der Waals surface area contributed by atoms with E-state index in [-0.39, 0.29) is 11.8 Å². The summed E-state index contributed by atoms with van der Waals surface area (Å²) in [5, 5.41) is 2.74. The summed E-state index contributed by atoms with van der Waals surface area (Å²) in [6.07, 6.45) is 1.24. The Morgan fingerprint density at radius 1 is 1.19 bits per heavy atom. The number of hydrogen-bond donors (Lipinski definition) is 1.